The molecule has 1 fully saturated rings. The highest BCUT2D eigenvalue weighted by atomic mass is 32.2. The summed E-state index contributed by atoms with van der Waals surface area (Å²) < 4.78 is 23.1. The number of aryl methyl sites for hydroxylation is 1. The van der Waals surface area contributed by atoms with Crippen LogP contribution in [0.1, 0.15) is 17.5 Å². The number of hydrogen-bond acceptors (Lipinski definition) is 4. The first-order valence-corrected chi connectivity index (χ1v) is 8.40. The average molecular weight is 297 g/mol. The fourth-order valence-corrected chi connectivity index (χ4v) is 4.24. The van der Waals surface area contributed by atoms with Crippen LogP contribution in [0.2, 0.25) is 0 Å². The van der Waals surface area contributed by atoms with E-state index in [0.29, 0.717) is 13.0 Å². The number of nitrogens with zero attached hydrogens (tertiary/aromatic N) is 1. The summed E-state index contributed by atoms with van der Waals surface area (Å²) in [5.74, 6) is -0.713. The molecule has 0 aromatic heterocycles. The number of aliphatic carboxylic acids is 1. The standard InChI is InChI=1S/C14H19NO4S/c1-11-2-4-12(5-3-11)8-15(9-14(16)17)13-6-7-20(18,19)10-13/h2-5,13H,6-10H2,1H3,(H,16,17)/t13-/m0/s1. The predicted octanol–water partition coefficient (Wildman–Crippen LogP) is 1.07. The molecule has 6 heteroatoms. The third-order valence-corrected chi connectivity index (χ3v) is 5.32. The molecule has 1 aromatic carbocycles. The summed E-state index contributed by atoms with van der Waals surface area (Å²) >= 11 is 0. The van der Waals surface area contributed by atoms with Crippen molar-refractivity contribution >= 4 is 15.8 Å². The Kier molecular flexibility index (Phi) is 4.45. The second-order valence-corrected chi connectivity index (χ2v) is 7.57. The number of carboxylic acids is 1. The van der Waals surface area contributed by atoms with Crippen LogP contribution in [0.25, 0.3) is 0 Å². The summed E-state index contributed by atoms with van der Waals surface area (Å²) in [4.78, 5) is 12.7. The maximum atomic E-state index is 11.6. The van der Waals surface area contributed by atoms with Crippen molar-refractivity contribution in [3.05, 3.63) is 35.4 Å². The first-order valence-electron chi connectivity index (χ1n) is 6.57. The van der Waals surface area contributed by atoms with Crippen molar-refractivity contribution < 1.29 is 18.3 Å². The highest BCUT2D eigenvalue weighted by molar-refractivity contribution is 7.91. The van der Waals surface area contributed by atoms with Gasteiger partial charge in [0.1, 0.15) is 0 Å². The van der Waals surface area contributed by atoms with E-state index in [1.807, 2.05) is 31.2 Å². The lowest BCUT2D eigenvalue weighted by Gasteiger charge is -2.26. The van der Waals surface area contributed by atoms with Crippen molar-refractivity contribution in [2.24, 2.45) is 0 Å². The van der Waals surface area contributed by atoms with Crippen LogP contribution < -0.4 is 0 Å². The van der Waals surface area contributed by atoms with Crippen LogP contribution in [0.4, 0.5) is 0 Å². The van der Waals surface area contributed by atoms with Gasteiger partial charge in [0.2, 0.25) is 0 Å². The van der Waals surface area contributed by atoms with Crippen molar-refractivity contribution in [1.82, 2.24) is 4.90 Å². The van der Waals surface area contributed by atoms with E-state index in [1.165, 1.54) is 0 Å². The molecule has 0 radical (unpaired) electrons. The molecule has 0 spiro atoms. The molecule has 0 bridgehead atoms. The minimum Gasteiger partial charge on any atom is -0.480 e. The Morgan fingerprint density at radius 1 is 1.35 bits per heavy atom. The smallest absolute Gasteiger partial charge is 0.317 e. The fourth-order valence-electron chi connectivity index (χ4n) is 2.48. The first-order chi connectivity index (χ1) is 9.35. The summed E-state index contributed by atoms with van der Waals surface area (Å²) in [6, 6.07) is 7.65. The van der Waals surface area contributed by atoms with Crippen molar-refractivity contribution in [2.45, 2.75) is 25.9 Å². The summed E-state index contributed by atoms with van der Waals surface area (Å²) in [6.07, 6.45) is 0.515. The number of benzene rings is 1. The molecule has 0 aliphatic carbocycles. The zero-order valence-corrected chi connectivity index (χ0v) is 12.3. The minimum atomic E-state index is -3.01. The Morgan fingerprint density at radius 2 is 2.00 bits per heavy atom. The lowest BCUT2D eigenvalue weighted by molar-refractivity contribution is -0.139. The third-order valence-electron chi connectivity index (χ3n) is 3.57. The van der Waals surface area contributed by atoms with Gasteiger partial charge >= 0.3 is 5.97 Å². The molecular formula is C14H19NO4S. The first kappa shape index (κ1) is 15.0. The van der Waals surface area contributed by atoms with E-state index in [9.17, 15) is 13.2 Å². The average Bonchev–Trinajstić information content (AvgIpc) is 2.71. The molecule has 1 saturated heterocycles. The Labute approximate surface area is 119 Å². The largest absolute Gasteiger partial charge is 0.480 e. The van der Waals surface area contributed by atoms with Gasteiger partial charge in [-0.2, -0.15) is 0 Å². The second kappa shape index (κ2) is 5.93. The molecule has 1 aromatic rings. The van der Waals surface area contributed by atoms with Gasteiger partial charge in [-0.25, -0.2) is 8.42 Å². The zero-order valence-electron chi connectivity index (χ0n) is 11.4. The highest BCUT2D eigenvalue weighted by Gasteiger charge is 2.33. The van der Waals surface area contributed by atoms with Gasteiger partial charge in [0.05, 0.1) is 18.1 Å². The van der Waals surface area contributed by atoms with E-state index in [-0.39, 0.29) is 24.1 Å². The van der Waals surface area contributed by atoms with Crippen LogP contribution in [0.3, 0.4) is 0 Å². The van der Waals surface area contributed by atoms with Gasteiger partial charge in [0.25, 0.3) is 0 Å². The number of carboxylic acid groups (broad SMARTS) is 1. The molecular weight excluding hydrogens is 278 g/mol. The molecule has 0 saturated carbocycles. The summed E-state index contributed by atoms with van der Waals surface area (Å²) in [7, 11) is -3.01. The van der Waals surface area contributed by atoms with E-state index in [2.05, 4.69) is 0 Å². The normalized spacial score (nSPS) is 21.2. The fraction of sp³-hybridized carbons (Fsp3) is 0.500. The maximum absolute atomic E-state index is 11.6. The number of carbonyl (C=O) groups is 1. The van der Waals surface area contributed by atoms with Crippen LogP contribution >= 0.6 is 0 Å². The van der Waals surface area contributed by atoms with Gasteiger partial charge in [-0.3, -0.25) is 9.69 Å². The lowest BCUT2D eigenvalue weighted by atomic mass is 10.1. The Bertz CT molecular complexity index is 580. The van der Waals surface area contributed by atoms with Crippen LogP contribution in [0.15, 0.2) is 24.3 Å². The van der Waals surface area contributed by atoms with Crippen molar-refractivity contribution in [3.8, 4) is 0 Å². The third kappa shape index (κ3) is 4.05. The summed E-state index contributed by atoms with van der Waals surface area (Å²) in [5, 5.41) is 9.01. The topological polar surface area (TPSA) is 74.7 Å². The monoisotopic (exact) mass is 297 g/mol. The van der Waals surface area contributed by atoms with E-state index in [4.69, 9.17) is 5.11 Å². The van der Waals surface area contributed by atoms with Gasteiger partial charge in [-0.05, 0) is 18.9 Å². The number of hydrogen-bond donors (Lipinski definition) is 1. The van der Waals surface area contributed by atoms with Crippen LogP contribution in [-0.2, 0) is 21.2 Å². The second-order valence-electron chi connectivity index (χ2n) is 5.34. The van der Waals surface area contributed by atoms with Gasteiger partial charge in [-0.15, -0.1) is 0 Å². The predicted molar refractivity (Wildman–Crippen MR) is 76.3 cm³/mol. The van der Waals surface area contributed by atoms with Crippen LogP contribution in [0, 0.1) is 6.92 Å². The minimum absolute atomic E-state index is 0.0616. The van der Waals surface area contributed by atoms with Crippen molar-refractivity contribution in [2.75, 3.05) is 18.1 Å². The Morgan fingerprint density at radius 3 is 2.50 bits per heavy atom. The molecule has 1 aliphatic rings. The molecule has 1 heterocycles. The molecule has 2 rings (SSSR count). The van der Waals surface area contributed by atoms with Crippen molar-refractivity contribution in [3.63, 3.8) is 0 Å². The Hall–Kier alpha value is -1.40. The van der Waals surface area contributed by atoms with Gasteiger partial charge in [0.15, 0.2) is 9.84 Å². The molecule has 1 atom stereocenters. The van der Waals surface area contributed by atoms with E-state index in [1.54, 1.807) is 4.90 Å². The molecule has 20 heavy (non-hydrogen) atoms. The molecule has 0 unspecified atom stereocenters. The summed E-state index contributed by atoms with van der Waals surface area (Å²) in [6.45, 7) is 2.32. The SMILES string of the molecule is Cc1ccc(CN(CC(=O)O)[C@H]2CCS(=O)(=O)C2)cc1. The lowest BCUT2D eigenvalue weighted by Crippen LogP contribution is -2.39. The van der Waals surface area contributed by atoms with E-state index in [0.717, 1.165) is 11.1 Å². The molecule has 110 valence electrons. The van der Waals surface area contributed by atoms with Crippen LogP contribution in [0.5, 0.6) is 0 Å². The Balaban J connectivity index is 2.11. The molecule has 1 N–H and O–H groups in total. The summed E-state index contributed by atoms with van der Waals surface area (Å²) in [5.41, 5.74) is 2.14. The molecule has 1 aliphatic heterocycles. The molecule has 5 nitrogen and oxygen atoms in total. The quantitative estimate of drug-likeness (QED) is 0.880. The van der Waals surface area contributed by atoms with Crippen molar-refractivity contribution in [1.29, 1.82) is 0 Å². The van der Waals surface area contributed by atoms with E-state index < -0.39 is 15.8 Å². The maximum Gasteiger partial charge on any atom is 0.317 e. The van der Waals surface area contributed by atoms with E-state index >= 15 is 0 Å². The van der Waals surface area contributed by atoms with Gasteiger partial charge in [-0.1, -0.05) is 29.8 Å². The highest BCUT2D eigenvalue weighted by Crippen LogP contribution is 2.20. The molecule has 0 amide bonds. The zero-order chi connectivity index (χ0) is 14.8. The van der Waals surface area contributed by atoms with Gasteiger partial charge in [0, 0.05) is 12.6 Å². The number of rotatable bonds is 5. The van der Waals surface area contributed by atoms with Crippen LogP contribution in [-0.4, -0.2) is 48.5 Å². The number of sulfone groups is 1. The van der Waals surface area contributed by atoms with Gasteiger partial charge < -0.3 is 5.11 Å².